The summed E-state index contributed by atoms with van der Waals surface area (Å²) in [6.07, 6.45) is 1.91. The molecule has 1 rings (SSSR count). The number of carbonyl (C=O) groups is 1. The van der Waals surface area contributed by atoms with Crippen molar-refractivity contribution < 1.29 is 4.79 Å². The number of benzene rings is 1. The normalized spacial score (nSPS) is 10.4. The van der Waals surface area contributed by atoms with Crippen LogP contribution in [0.4, 0.5) is 10.5 Å². The molecule has 94 valence electrons. The molecule has 0 saturated carbocycles. The van der Waals surface area contributed by atoms with Crippen LogP contribution in [0.3, 0.4) is 0 Å². The summed E-state index contributed by atoms with van der Waals surface area (Å²) in [5, 5.41) is 5.81. The van der Waals surface area contributed by atoms with Crippen LogP contribution in [0.5, 0.6) is 0 Å². The number of carbonyl (C=O) groups excluding carboxylic acids is 1. The number of anilines is 1. The Hall–Kier alpha value is -1.51. The van der Waals surface area contributed by atoms with Crippen molar-refractivity contribution in [1.29, 1.82) is 0 Å². The zero-order chi connectivity index (χ0) is 12.8. The summed E-state index contributed by atoms with van der Waals surface area (Å²) in [7, 11) is 0. The fourth-order valence-corrected chi connectivity index (χ4v) is 1.66. The molecule has 3 heteroatoms. The monoisotopic (exact) mass is 234 g/mol. The summed E-state index contributed by atoms with van der Waals surface area (Å²) in [6, 6.07) is 6.06. The van der Waals surface area contributed by atoms with Gasteiger partial charge in [-0.3, -0.25) is 0 Å². The second kappa shape index (κ2) is 6.28. The summed E-state index contributed by atoms with van der Waals surface area (Å²) in [6.45, 7) is 8.25. The third-order valence-corrected chi connectivity index (χ3v) is 3.09. The highest BCUT2D eigenvalue weighted by molar-refractivity contribution is 5.89. The standard InChI is InChI=1S/C14H22N2O/c1-5-12(6-2)15-14(17)16-13-8-7-10(3)11(4)9-13/h7-9,12H,5-6H2,1-4H3,(H2,15,16,17). The molecule has 0 aliphatic carbocycles. The van der Waals surface area contributed by atoms with Gasteiger partial charge in [-0.2, -0.15) is 0 Å². The van der Waals surface area contributed by atoms with Gasteiger partial charge in [0.1, 0.15) is 0 Å². The molecule has 0 aliphatic rings. The highest BCUT2D eigenvalue weighted by atomic mass is 16.2. The van der Waals surface area contributed by atoms with E-state index in [9.17, 15) is 4.79 Å². The van der Waals surface area contributed by atoms with Gasteiger partial charge in [0.15, 0.2) is 0 Å². The van der Waals surface area contributed by atoms with Crippen LogP contribution in [0.15, 0.2) is 18.2 Å². The van der Waals surface area contributed by atoms with Gasteiger partial charge in [0.05, 0.1) is 0 Å². The van der Waals surface area contributed by atoms with Crippen molar-refractivity contribution in [3.8, 4) is 0 Å². The molecule has 1 aromatic carbocycles. The van der Waals surface area contributed by atoms with E-state index in [0.717, 1.165) is 18.5 Å². The van der Waals surface area contributed by atoms with Gasteiger partial charge in [0, 0.05) is 11.7 Å². The Bertz CT molecular complexity index is 384. The molecule has 2 amide bonds. The molecule has 0 aromatic heterocycles. The van der Waals surface area contributed by atoms with Gasteiger partial charge in [0.2, 0.25) is 0 Å². The van der Waals surface area contributed by atoms with Crippen LogP contribution in [-0.4, -0.2) is 12.1 Å². The predicted octanol–water partition coefficient (Wildman–Crippen LogP) is 3.61. The van der Waals surface area contributed by atoms with Crippen molar-refractivity contribution in [2.75, 3.05) is 5.32 Å². The first-order chi connectivity index (χ1) is 8.06. The van der Waals surface area contributed by atoms with Crippen LogP contribution in [0, 0.1) is 13.8 Å². The Kier molecular flexibility index (Phi) is 5.01. The van der Waals surface area contributed by atoms with Gasteiger partial charge >= 0.3 is 6.03 Å². The summed E-state index contributed by atoms with van der Waals surface area (Å²) in [4.78, 5) is 11.7. The Balaban J connectivity index is 2.58. The average molecular weight is 234 g/mol. The number of urea groups is 1. The maximum Gasteiger partial charge on any atom is 0.319 e. The molecule has 0 radical (unpaired) electrons. The van der Waals surface area contributed by atoms with Crippen LogP contribution in [-0.2, 0) is 0 Å². The van der Waals surface area contributed by atoms with Crippen molar-refractivity contribution in [1.82, 2.24) is 5.32 Å². The third kappa shape index (κ3) is 4.10. The highest BCUT2D eigenvalue weighted by Gasteiger charge is 2.08. The van der Waals surface area contributed by atoms with Crippen molar-refractivity contribution in [3.63, 3.8) is 0 Å². The molecule has 0 spiro atoms. The average Bonchev–Trinajstić information content (AvgIpc) is 2.31. The second-order valence-corrected chi connectivity index (χ2v) is 4.41. The zero-order valence-electron chi connectivity index (χ0n) is 11.1. The number of nitrogens with one attached hydrogen (secondary N) is 2. The summed E-state index contributed by atoms with van der Waals surface area (Å²) < 4.78 is 0. The Morgan fingerprint density at radius 1 is 1.18 bits per heavy atom. The Labute approximate surface area is 104 Å². The number of amides is 2. The quantitative estimate of drug-likeness (QED) is 0.821. The number of rotatable bonds is 4. The topological polar surface area (TPSA) is 41.1 Å². The maximum atomic E-state index is 11.7. The minimum Gasteiger partial charge on any atom is -0.335 e. The van der Waals surface area contributed by atoms with E-state index in [1.165, 1.54) is 11.1 Å². The maximum absolute atomic E-state index is 11.7. The van der Waals surface area contributed by atoms with E-state index in [4.69, 9.17) is 0 Å². The Morgan fingerprint density at radius 2 is 1.82 bits per heavy atom. The number of hydrogen-bond acceptors (Lipinski definition) is 1. The lowest BCUT2D eigenvalue weighted by Crippen LogP contribution is -2.37. The van der Waals surface area contributed by atoms with Crippen LogP contribution in [0.2, 0.25) is 0 Å². The predicted molar refractivity (Wildman–Crippen MR) is 72.4 cm³/mol. The third-order valence-electron chi connectivity index (χ3n) is 3.09. The van der Waals surface area contributed by atoms with E-state index in [1.807, 2.05) is 25.1 Å². The van der Waals surface area contributed by atoms with Crippen molar-refractivity contribution in [2.45, 2.75) is 46.6 Å². The van der Waals surface area contributed by atoms with Crippen molar-refractivity contribution in [3.05, 3.63) is 29.3 Å². The molecule has 2 N–H and O–H groups in total. The summed E-state index contributed by atoms with van der Waals surface area (Å²) in [5.74, 6) is 0. The largest absolute Gasteiger partial charge is 0.335 e. The summed E-state index contributed by atoms with van der Waals surface area (Å²) in [5.41, 5.74) is 3.26. The molecule has 0 atom stereocenters. The molecule has 0 fully saturated rings. The van der Waals surface area contributed by atoms with E-state index in [1.54, 1.807) is 0 Å². The molecule has 0 unspecified atom stereocenters. The molecule has 1 aromatic rings. The van der Waals surface area contributed by atoms with E-state index in [-0.39, 0.29) is 12.1 Å². The minimum atomic E-state index is -0.123. The number of aryl methyl sites for hydroxylation is 2. The molecular formula is C14H22N2O. The van der Waals surface area contributed by atoms with Crippen molar-refractivity contribution >= 4 is 11.7 Å². The lowest BCUT2D eigenvalue weighted by atomic mass is 10.1. The van der Waals surface area contributed by atoms with E-state index in [0.29, 0.717) is 0 Å². The fraction of sp³-hybridized carbons (Fsp3) is 0.500. The molecule has 0 aliphatic heterocycles. The molecule has 17 heavy (non-hydrogen) atoms. The minimum absolute atomic E-state index is 0.123. The Morgan fingerprint density at radius 3 is 2.35 bits per heavy atom. The first-order valence-corrected chi connectivity index (χ1v) is 6.21. The zero-order valence-corrected chi connectivity index (χ0v) is 11.1. The van der Waals surface area contributed by atoms with Gasteiger partial charge in [-0.25, -0.2) is 4.79 Å². The van der Waals surface area contributed by atoms with Gasteiger partial charge in [0.25, 0.3) is 0 Å². The first-order valence-electron chi connectivity index (χ1n) is 6.21. The summed E-state index contributed by atoms with van der Waals surface area (Å²) >= 11 is 0. The SMILES string of the molecule is CCC(CC)NC(=O)Nc1ccc(C)c(C)c1. The van der Waals surface area contributed by atoms with Crippen LogP contribution in [0.1, 0.15) is 37.8 Å². The first kappa shape index (κ1) is 13.6. The van der Waals surface area contributed by atoms with Gasteiger partial charge in [-0.15, -0.1) is 0 Å². The molecule has 3 nitrogen and oxygen atoms in total. The fourth-order valence-electron chi connectivity index (χ4n) is 1.66. The number of hydrogen-bond donors (Lipinski definition) is 2. The molecule has 0 saturated heterocycles. The van der Waals surface area contributed by atoms with E-state index < -0.39 is 0 Å². The van der Waals surface area contributed by atoms with Gasteiger partial charge in [-0.05, 0) is 49.9 Å². The van der Waals surface area contributed by atoms with Crippen LogP contribution < -0.4 is 10.6 Å². The molecular weight excluding hydrogens is 212 g/mol. The van der Waals surface area contributed by atoms with Gasteiger partial charge < -0.3 is 10.6 Å². The lowest BCUT2D eigenvalue weighted by Gasteiger charge is -2.15. The van der Waals surface area contributed by atoms with E-state index >= 15 is 0 Å². The molecule has 0 bridgehead atoms. The second-order valence-electron chi connectivity index (χ2n) is 4.41. The smallest absolute Gasteiger partial charge is 0.319 e. The van der Waals surface area contributed by atoms with Crippen LogP contribution >= 0.6 is 0 Å². The van der Waals surface area contributed by atoms with Gasteiger partial charge in [-0.1, -0.05) is 19.9 Å². The van der Waals surface area contributed by atoms with Crippen molar-refractivity contribution in [2.24, 2.45) is 0 Å². The van der Waals surface area contributed by atoms with E-state index in [2.05, 4.69) is 31.4 Å². The highest BCUT2D eigenvalue weighted by Crippen LogP contribution is 2.14. The van der Waals surface area contributed by atoms with Crippen LogP contribution in [0.25, 0.3) is 0 Å². The lowest BCUT2D eigenvalue weighted by molar-refractivity contribution is 0.247. The molecule has 0 heterocycles.